The average molecular weight is 490 g/mol. The normalized spacial score (nSPS) is 15.3. The van der Waals surface area contributed by atoms with Gasteiger partial charge in [-0.3, -0.25) is 4.79 Å². The van der Waals surface area contributed by atoms with Gasteiger partial charge in [0.05, 0.1) is 16.7 Å². The fourth-order valence-electron chi connectivity index (χ4n) is 4.08. The summed E-state index contributed by atoms with van der Waals surface area (Å²) in [6, 6.07) is 16.0. The van der Waals surface area contributed by atoms with Crippen molar-refractivity contribution in [2.45, 2.75) is 32.6 Å². The summed E-state index contributed by atoms with van der Waals surface area (Å²) >= 11 is 1.55. The van der Waals surface area contributed by atoms with Crippen LogP contribution in [0.25, 0.3) is 5.95 Å². The van der Waals surface area contributed by atoms with Crippen molar-refractivity contribution in [3.05, 3.63) is 94.2 Å². The first-order valence-electron chi connectivity index (χ1n) is 11.2. The molecule has 0 saturated heterocycles. The predicted octanol–water partition coefficient (Wildman–Crippen LogP) is 5.08. The van der Waals surface area contributed by atoms with E-state index in [9.17, 15) is 9.18 Å². The van der Waals surface area contributed by atoms with Crippen LogP contribution in [0, 0.1) is 26.6 Å². The van der Waals surface area contributed by atoms with E-state index in [0.717, 1.165) is 33.8 Å². The Morgan fingerprint density at radius 3 is 2.43 bits per heavy atom. The summed E-state index contributed by atoms with van der Waals surface area (Å²) in [5.74, 6) is 1.70. The van der Waals surface area contributed by atoms with Crippen LogP contribution in [0.4, 0.5) is 10.2 Å². The van der Waals surface area contributed by atoms with Crippen molar-refractivity contribution in [3.63, 3.8) is 0 Å². The van der Waals surface area contributed by atoms with Crippen LogP contribution in [0.5, 0.6) is 5.75 Å². The second kappa shape index (κ2) is 9.50. The molecule has 5 rings (SSSR count). The molecular weight excluding hydrogens is 465 g/mol. The fourth-order valence-corrected chi connectivity index (χ4v) is 5.27. The van der Waals surface area contributed by atoms with Crippen molar-refractivity contribution >= 4 is 23.5 Å². The number of hydrogen-bond acceptors (Lipinski definition) is 6. The van der Waals surface area contributed by atoms with E-state index in [1.54, 1.807) is 28.6 Å². The second-order valence-corrected chi connectivity index (χ2v) is 9.53. The average Bonchev–Trinajstić information content (AvgIpc) is 3.03. The number of rotatable bonds is 5. The molecule has 0 saturated carbocycles. The number of aryl methyl sites for hydroxylation is 3. The minimum Gasteiger partial charge on any atom is -0.489 e. The van der Waals surface area contributed by atoms with Gasteiger partial charge in [-0.25, -0.2) is 14.4 Å². The Morgan fingerprint density at radius 1 is 1.06 bits per heavy atom. The number of thioether (sulfide) groups is 1. The lowest BCUT2D eigenvalue weighted by Gasteiger charge is -2.16. The van der Waals surface area contributed by atoms with Crippen LogP contribution in [-0.2, 0) is 11.4 Å². The highest BCUT2D eigenvalue weighted by molar-refractivity contribution is 8.00. The minimum atomic E-state index is -0.269. The zero-order valence-electron chi connectivity index (χ0n) is 19.6. The molecule has 2 aromatic heterocycles. The number of benzene rings is 2. The lowest BCUT2D eigenvalue weighted by Crippen LogP contribution is -2.17. The Morgan fingerprint density at radius 2 is 1.74 bits per heavy atom. The van der Waals surface area contributed by atoms with Crippen LogP contribution in [-0.4, -0.2) is 31.4 Å². The van der Waals surface area contributed by atoms with Crippen LogP contribution >= 0.6 is 11.8 Å². The molecular formula is C26H24FN5O2S. The first-order chi connectivity index (χ1) is 16.9. The molecule has 1 atom stereocenters. The summed E-state index contributed by atoms with van der Waals surface area (Å²) in [6.07, 6.45) is 0. The number of carbonyl (C=O) groups is 1. The molecule has 0 aliphatic carbocycles. The van der Waals surface area contributed by atoms with Crippen molar-refractivity contribution in [1.29, 1.82) is 0 Å². The van der Waals surface area contributed by atoms with Crippen LogP contribution in [0.2, 0.25) is 0 Å². The smallest absolute Gasteiger partial charge is 0.252 e. The summed E-state index contributed by atoms with van der Waals surface area (Å²) in [4.78, 5) is 21.7. The van der Waals surface area contributed by atoms with Gasteiger partial charge in [0.15, 0.2) is 0 Å². The number of anilines is 1. The summed E-state index contributed by atoms with van der Waals surface area (Å²) < 4.78 is 20.6. The number of hydrogen-bond donors (Lipinski definition) is 1. The summed E-state index contributed by atoms with van der Waals surface area (Å²) in [6.45, 7) is 6.10. The highest BCUT2D eigenvalue weighted by Gasteiger charge is 2.31. The van der Waals surface area contributed by atoms with Crippen molar-refractivity contribution in [1.82, 2.24) is 19.7 Å². The SMILES string of the molecule is Cc1cc(C)nc(-n2nc(C)c3c2NC(=O)CS[C@@H]3c2ccc(OCc3ccc(F)cc3)cc2)n1. The lowest BCUT2D eigenvalue weighted by atomic mass is 10.0. The molecule has 1 N–H and O–H groups in total. The van der Waals surface area contributed by atoms with Gasteiger partial charge in [0.2, 0.25) is 5.91 Å². The van der Waals surface area contributed by atoms with Gasteiger partial charge in [-0.15, -0.1) is 11.8 Å². The molecule has 2 aromatic carbocycles. The van der Waals surface area contributed by atoms with Gasteiger partial charge in [0.25, 0.3) is 5.95 Å². The first-order valence-corrected chi connectivity index (χ1v) is 12.2. The Balaban J connectivity index is 1.44. The molecule has 9 heteroatoms. The second-order valence-electron chi connectivity index (χ2n) is 8.43. The third-order valence-corrected chi connectivity index (χ3v) is 6.94. The van der Waals surface area contributed by atoms with Gasteiger partial charge >= 0.3 is 0 Å². The van der Waals surface area contributed by atoms with E-state index in [2.05, 4.69) is 15.3 Å². The van der Waals surface area contributed by atoms with Gasteiger partial charge < -0.3 is 10.1 Å². The predicted molar refractivity (Wildman–Crippen MR) is 133 cm³/mol. The molecule has 0 unspecified atom stereocenters. The zero-order valence-corrected chi connectivity index (χ0v) is 20.4. The monoisotopic (exact) mass is 489 g/mol. The Kier molecular flexibility index (Phi) is 6.25. The maximum atomic E-state index is 13.1. The van der Waals surface area contributed by atoms with E-state index in [4.69, 9.17) is 9.84 Å². The number of amides is 1. The van der Waals surface area contributed by atoms with E-state index in [1.807, 2.05) is 51.1 Å². The fraction of sp³-hybridized carbons (Fsp3) is 0.231. The standard InChI is InChI=1S/C26H24FN5O2S/c1-15-12-16(2)29-26(28-15)32-25-23(17(3)31-32)24(35-14-22(33)30-25)19-6-10-21(11-7-19)34-13-18-4-8-20(27)9-5-18/h4-12,24H,13-14H2,1-3H3,(H,30,33)/t24-/m1/s1. The minimum absolute atomic E-state index is 0.0940. The molecule has 0 fully saturated rings. The molecule has 0 bridgehead atoms. The van der Waals surface area contributed by atoms with E-state index in [-0.39, 0.29) is 17.0 Å². The van der Waals surface area contributed by atoms with Gasteiger partial charge in [0, 0.05) is 17.0 Å². The third kappa shape index (κ3) is 4.90. The van der Waals surface area contributed by atoms with Crippen LogP contribution in [0.3, 0.4) is 0 Å². The first kappa shape index (κ1) is 23.0. The number of nitrogens with zero attached hydrogens (tertiary/aromatic N) is 4. The third-order valence-electron chi connectivity index (χ3n) is 5.67. The molecule has 1 aliphatic heterocycles. The maximum absolute atomic E-state index is 13.1. The van der Waals surface area contributed by atoms with Crippen LogP contribution in [0.15, 0.2) is 54.6 Å². The van der Waals surface area contributed by atoms with Crippen LogP contribution < -0.4 is 10.1 Å². The molecule has 1 amide bonds. The summed E-state index contributed by atoms with van der Waals surface area (Å²) in [5, 5.41) is 7.61. The number of carbonyl (C=O) groups excluding carboxylic acids is 1. The summed E-state index contributed by atoms with van der Waals surface area (Å²) in [7, 11) is 0. The number of fused-ring (bicyclic) bond motifs is 1. The molecule has 4 aromatic rings. The Labute approximate surface area is 206 Å². The summed E-state index contributed by atoms with van der Waals surface area (Å²) in [5.41, 5.74) is 5.32. The molecule has 1 aliphatic rings. The van der Waals surface area contributed by atoms with Gasteiger partial charge in [-0.2, -0.15) is 9.78 Å². The topological polar surface area (TPSA) is 81.9 Å². The highest BCUT2D eigenvalue weighted by atomic mass is 32.2. The lowest BCUT2D eigenvalue weighted by molar-refractivity contribution is -0.113. The van der Waals surface area contributed by atoms with Crippen molar-refractivity contribution < 1.29 is 13.9 Å². The van der Waals surface area contributed by atoms with Crippen molar-refractivity contribution in [2.24, 2.45) is 0 Å². The number of aromatic nitrogens is 4. The van der Waals surface area contributed by atoms with E-state index < -0.39 is 0 Å². The number of ether oxygens (including phenoxy) is 1. The van der Waals surface area contributed by atoms with E-state index >= 15 is 0 Å². The number of nitrogens with one attached hydrogen (secondary N) is 1. The largest absolute Gasteiger partial charge is 0.489 e. The molecule has 178 valence electrons. The van der Waals surface area contributed by atoms with E-state index in [1.165, 1.54) is 12.1 Å². The molecule has 0 spiro atoms. The highest BCUT2D eigenvalue weighted by Crippen LogP contribution is 2.44. The van der Waals surface area contributed by atoms with Crippen molar-refractivity contribution in [3.8, 4) is 11.7 Å². The van der Waals surface area contributed by atoms with E-state index in [0.29, 0.717) is 29.9 Å². The molecule has 7 nitrogen and oxygen atoms in total. The zero-order chi connectivity index (χ0) is 24.5. The molecule has 3 heterocycles. The Bertz CT molecular complexity index is 1370. The van der Waals surface area contributed by atoms with Gasteiger partial charge in [-0.05, 0) is 62.2 Å². The number of halogens is 1. The molecule has 0 radical (unpaired) electrons. The molecule has 35 heavy (non-hydrogen) atoms. The van der Waals surface area contributed by atoms with Crippen LogP contribution in [0.1, 0.15) is 39.0 Å². The van der Waals surface area contributed by atoms with Crippen molar-refractivity contribution in [2.75, 3.05) is 11.1 Å². The van der Waals surface area contributed by atoms with Gasteiger partial charge in [-0.1, -0.05) is 24.3 Å². The van der Waals surface area contributed by atoms with Gasteiger partial charge in [0.1, 0.15) is 24.0 Å². The maximum Gasteiger partial charge on any atom is 0.252 e. The quantitative estimate of drug-likeness (QED) is 0.421. The Hall–Kier alpha value is -3.72.